The maximum absolute atomic E-state index is 12.5. The first-order valence-corrected chi connectivity index (χ1v) is 6.35. The van der Waals surface area contributed by atoms with E-state index in [0.717, 1.165) is 11.3 Å². The highest BCUT2D eigenvalue weighted by Gasteiger charge is 2.45. The van der Waals surface area contributed by atoms with Gasteiger partial charge in [0.25, 0.3) is 11.7 Å². The molecule has 0 radical (unpaired) electrons. The number of aliphatic carboxylic acids is 1. The van der Waals surface area contributed by atoms with Gasteiger partial charge in [0.1, 0.15) is 12.4 Å². The molecular weight excluding hydrogens is 313 g/mol. The van der Waals surface area contributed by atoms with Crippen molar-refractivity contribution in [3.05, 3.63) is 22.4 Å². The zero-order chi connectivity index (χ0) is 15.8. The molecule has 2 rings (SSSR count). The number of thiophene rings is 1. The number of carbonyl (C=O) groups is 3. The zero-order valence-electron chi connectivity index (χ0n) is 10.1. The summed E-state index contributed by atoms with van der Waals surface area (Å²) in [7, 11) is 0. The molecule has 1 atom stereocenters. The van der Waals surface area contributed by atoms with Crippen LogP contribution in [0.15, 0.2) is 22.5 Å². The van der Waals surface area contributed by atoms with Gasteiger partial charge in [-0.15, -0.1) is 11.3 Å². The van der Waals surface area contributed by atoms with E-state index in [0.29, 0.717) is 0 Å². The van der Waals surface area contributed by atoms with Crippen LogP contribution in [-0.2, 0) is 14.4 Å². The largest absolute Gasteiger partial charge is 0.479 e. The highest BCUT2D eigenvalue weighted by atomic mass is 32.1. The number of amidine groups is 1. The van der Waals surface area contributed by atoms with Gasteiger partial charge in [-0.05, 0) is 11.4 Å². The van der Waals surface area contributed by atoms with E-state index in [1.165, 1.54) is 17.5 Å². The van der Waals surface area contributed by atoms with Crippen molar-refractivity contribution in [1.82, 2.24) is 4.90 Å². The van der Waals surface area contributed by atoms with Crippen molar-refractivity contribution in [3.63, 3.8) is 0 Å². The van der Waals surface area contributed by atoms with Gasteiger partial charge in [0.15, 0.2) is 0 Å². The Morgan fingerprint density at radius 1 is 1.43 bits per heavy atom. The second-order valence-electron chi connectivity index (χ2n) is 4.04. The molecular formula is C11H7F3N2O4S. The molecule has 0 spiro atoms. The van der Waals surface area contributed by atoms with Crippen LogP contribution in [0.2, 0.25) is 0 Å². The van der Waals surface area contributed by atoms with Crippen LogP contribution >= 0.6 is 11.3 Å². The normalized spacial score (nSPS) is 19.7. The molecule has 2 heterocycles. The number of alkyl halides is 3. The van der Waals surface area contributed by atoms with E-state index < -0.39 is 42.3 Å². The van der Waals surface area contributed by atoms with Crippen LogP contribution in [-0.4, -0.2) is 52.3 Å². The fourth-order valence-electron chi connectivity index (χ4n) is 1.69. The van der Waals surface area contributed by atoms with Gasteiger partial charge in [0.05, 0.1) is 4.88 Å². The molecule has 1 aliphatic rings. The first-order chi connectivity index (χ1) is 9.70. The summed E-state index contributed by atoms with van der Waals surface area (Å²) in [5.74, 6) is -5.17. The molecule has 0 bridgehead atoms. The van der Waals surface area contributed by atoms with Crippen LogP contribution in [0, 0.1) is 0 Å². The fraction of sp³-hybridized carbons (Fsp3) is 0.273. The predicted molar refractivity (Wildman–Crippen MR) is 65.1 cm³/mol. The molecule has 0 saturated heterocycles. The number of rotatable bonds is 3. The van der Waals surface area contributed by atoms with Gasteiger partial charge in [-0.2, -0.15) is 13.2 Å². The van der Waals surface area contributed by atoms with E-state index in [9.17, 15) is 27.6 Å². The Morgan fingerprint density at radius 3 is 2.57 bits per heavy atom. The Labute approximate surface area is 119 Å². The van der Waals surface area contributed by atoms with Crippen LogP contribution in [0.4, 0.5) is 13.2 Å². The summed E-state index contributed by atoms with van der Waals surface area (Å²) in [6.07, 6.45) is -4.75. The summed E-state index contributed by atoms with van der Waals surface area (Å²) in [4.78, 5) is 38.0. The average Bonchev–Trinajstić information content (AvgIpc) is 2.87. The molecule has 1 N–H and O–H groups in total. The lowest BCUT2D eigenvalue weighted by Crippen LogP contribution is -2.54. The molecule has 10 heteroatoms. The van der Waals surface area contributed by atoms with Gasteiger partial charge in [-0.1, -0.05) is 6.07 Å². The standard InChI is InChI=1S/C11H7F3N2O4S/c12-11(13,14)4-16-8(5-2-1-3-21-5)15-6(10(19)20)7(17)9(16)18/h1-3,6H,4H2,(H,19,20). The van der Waals surface area contributed by atoms with Crippen LogP contribution in [0.5, 0.6) is 0 Å². The van der Waals surface area contributed by atoms with E-state index in [1.807, 2.05) is 0 Å². The lowest BCUT2D eigenvalue weighted by atomic mass is 10.1. The highest BCUT2D eigenvalue weighted by Crippen LogP contribution is 2.24. The minimum atomic E-state index is -4.75. The molecule has 0 aliphatic carbocycles. The molecule has 21 heavy (non-hydrogen) atoms. The van der Waals surface area contributed by atoms with Crippen molar-refractivity contribution in [2.24, 2.45) is 4.99 Å². The van der Waals surface area contributed by atoms with Gasteiger partial charge in [-0.3, -0.25) is 14.5 Å². The maximum Gasteiger partial charge on any atom is 0.406 e. The quantitative estimate of drug-likeness (QED) is 0.663. The summed E-state index contributed by atoms with van der Waals surface area (Å²) in [5, 5.41) is 10.4. The molecule has 0 saturated carbocycles. The summed E-state index contributed by atoms with van der Waals surface area (Å²) >= 11 is 0.980. The van der Waals surface area contributed by atoms with Gasteiger partial charge in [0.2, 0.25) is 6.04 Å². The topological polar surface area (TPSA) is 87.0 Å². The van der Waals surface area contributed by atoms with Gasteiger partial charge < -0.3 is 5.11 Å². The Morgan fingerprint density at radius 2 is 2.10 bits per heavy atom. The fourth-order valence-corrected chi connectivity index (χ4v) is 2.42. The zero-order valence-corrected chi connectivity index (χ0v) is 10.9. The Kier molecular flexibility index (Phi) is 3.81. The minimum absolute atomic E-state index is 0.160. The third-order valence-electron chi connectivity index (χ3n) is 2.52. The first kappa shape index (κ1) is 15.2. The van der Waals surface area contributed by atoms with E-state index in [-0.39, 0.29) is 9.78 Å². The predicted octanol–water partition coefficient (Wildman–Crippen LogP) is 0.922. The van der Waals surface area contributed by atoms with E-state index in [2.05, 4.69) is 4.99 Å². The smallest absolute Gasteiger partial charge is 0.406 e. The van der Waals surface area contributed by atoms with Crippen LogP contribution in [0.1, 0.15) is 4.88 Å². The minimum Gasteiger partial charge on any atom is -0.479 e. The lowest BCUT2D eigenvalue weighted by Gasteiger charge is -2.28. The van der Waals surface area contributed by atoms with Gasteiger partial charge >= 0.3 is 12.1 Å². The number of ketones is 1. The molecule has 6 nitrogen and oxygen atoms in total. The number of halogens is 3. The van der Waals surface area contributed by atoms with Crippen molar-refractivity contribution >= 4 is 34.8 Å². The number of carbonyl (C=O) groups excluding carboxylic acids is 2. The Hall–Kier alpha value is -2.23. The third-order valence-corrected chi connectivity index (χ3v) is 3.39. The molecule has 1 aromatic heterocycles. The van der Waals surface area contributed by atoms with Crippen LogP contribution in [0.3, 0.4) is 0 Å². The van der Waals surface area contributed by atoms with Crippen molar-refractivity contribution in [1.29, 1.82) is 0 Å². The summed E-state index contributed by atoms with van der Waals surface area (Å²) in [6, 6.07) is 0.874. The van der Waals surface area contributed by atoms with E-state index in [4.69, 9.17) is 5.11 Å². The molecule has 1 amide bonds. The number of carboxylic acids is 1. The molecule has 1 aliphatic heterocycles. The van der Waals surface area contributed by atoms with Crippen LogP contribution in [0.25, 0.3) is 0 Å². The highest BCUT2D eigenvalue weighted by molar-refractivity contribution is 7.12. The number of nitrogens with zero attached hydrogens (tertiary/aromatic N) is 2. The molecule has 1 unspecified atom stereocenters. The number of aliphatic imine (C=N–C) groups is 1. The summed E-state index contributed by atoms with van der Waals surface area (Å²) in [6.45, 7) is -1.71. The summed E-state index contributed by atoms with van der Waals surface area (Å²) in [5.41, 5.74) is 0. The first-order valence-electron chi connectivity index (χ1n) is 5.47. The number of carboxylic acid groups (broad SMARTS) is 1. The Bertz CT molecular complexity index is 624. The van der Waals surface area contributed by atoms with Crippen molar-refractivity contribution in [3.8, 4) is 0 Å². The van der Waals surface area contributed by atoms with Crippen molar-refractivity contribution in [2.45, 2.75) is 12.2 Å². The molecule has 0 fully saturated rings. The average molecular weight is 320 g/mol. The maximum atomic E-state index is 12.5. The molecule has 1 aromatic rings. The number of amides is 1. The summed E-state index contributed by atoms with van der Waals surface area (Å²) < 4.78 is 37.6. The second-order valence-corrected chi connectivity index (χ2v) is 4.99. The van der Waals surface area contributed by atoms with E-state index in [1.54, 1.807) is 0 Å². The van der Waals surface area contributed by atoms with Crippen molar-refractivity contribution in [2.75, 3.05) is 6.54 Å². The monoisotopic (exact) mass is 320 g/mol. The molecule has 112 valence electrons. The number of hydrogen-bond donors (Lipinski definition) is 1. The van der Waals surface area contributed by atoms with E-state index >= 15 is 0 Å². The van der Waals surface area contributed by atoms with Gasteiger partial charge in [-0.25, -0.2) is 9.79 Å². The third kappa shape index (κ3) is 3.10. The van der Waals surface area contributed by atoms with Crippen molar-refractivity contribution < 1.29 is 32.7 Å². The lowest BCUT2D eigenvalue weighted by molar-refractivity contribution is -0.160. The van der Waals surface area contributed by atoms with Gasteiger partial charge in [0, 0.05) is 0 Å². The van der Waals surface area contributed by atoms with Crippen LogP contribution < -0.4 is 0 Å². The second kappa shape index (κ2) is 5.28. The molecule has 0 aromatic carbocycles. The number of hydrogen-bond acceptors (Lipinski definition) is 5. The SMILES string of the molecule is O=C(O)C1N=C(c2cccs2)N(CC(F)(F)F)C(=O)C1=O. The Balaban J connectivity index is 2.51. The number of Topliss-reactive ketones (excluding diaryl/α,β-unsaturated/α-hetero) is 1.